The Morgan fingerprint density at radius 2 is 2.25 bits per heavy atom. The molecule has 0 rings (SSSR count). The zero-order valence-electron chi connectivity index (χ0n) is 8.39. The molecule has 0 aliphatic rings. The van der Waals surface area contributed by atoms with Crippen molar-refractivity contribution >= 4 is 16.3 Å². The van der Waals surface area contributed by atoms with Gasteiger partial charge >= 0.3 is 0 Å². The van der Waals surface area contributed by atoms with E-state index in [1.165, 1.54) is 6.08 Å². The number of carbonyl (C=O) groups is 1. The minimum atomic E-state index is -0.327. The zero-order chi connectivity index (χ0) is 9.78. The molecule has 0 radical (unpaired) electrons. The Morgan fingerprint density at radius 1 is 1.75 bits per heavy atom. The highest BCUT2D eigenvalue weighted by atomic mass is 28.2. The van der Waals surface area contributed by atoms with Crippen LogP contribution in [0.2, 0.25) is 0 Å². The first-order valence-corrected chi connectivity index (χ1v) is 5.02. The lowest BCUT2D eigenvalue weighted by Crippen LogP contribution is -2.37. The quantitative estimate of drug-likeness (QED) is 0.470. The molecule has 0 saturated heterocycles. The van der Waals surface area contributed by atoms with E-state index < -0.39 is 0 Å². The summed E-state index contributed by atoms with van der Waals surface area (Å²) in [5.41, 5.74) is -0.327. The first kappa shape index (κ1) is 11.6. The molecule has 0 aromatic carbocycles. The Bertz CT molecular complexity index is 175. The highest BCUT2D eigenvalue weighted by Gasteiger charge is 2.31. The first-order chi connectivity index (χ1) is 5.49. The molecule has 0 saturated carbocycles. The van der Waals surface area contributed by atoms with Gasteiger partial charge in [-0.05, 0) is 26.3 Å². The Balaban J connectivity index is 4.54. The predicted octanol–water partition coefficient (Wildman–Crippen LogP) is 0.843. The van der Waals surface area contributed by atoms with Gasteiger partial charge in [-0.15, -0.1) is 0 Å². The van der Waals surface area contributed by atoms with Gasteiger partial charge in [0.2, 0.25) is 0 Å². The summed E-state index contributed by atoms with van der Waals surface area (Å²) in [6.07, 6.45) is 2.19. The van der Waals surface area contributed by atoms with E-state index in [9.17, 15) is 4.79 Å². The predicted molar refractivity (Wildman–Crippen MR) is 54.1 cm³/mol. The summed E-state index contributed by atoms with van der Waals surface area (Å²) in [7, 11) is 0.662. The van der Waals surface area contributed by atoms with Crippen LogP contribution in [0.3, 0.4) is 0 Å². The summed E-state index contributed by atoms with van der Waals surface area (Å²) < 4.78 is 5.38. The second kappa shape index (κ2) is 4.57. The van der Waals surface area contributed by atoms with E-state index in [0.29, 0.717) is 10.5 Å². The number of hydrogen-bond donors (Lipinski definition) is 0. The van der Waals surface area contributed by atoms with Crippen molar-refractivity contribution in [3.05, 3.63) is 12.7 Å². The molecule has 1 unspecified atom stereocenters. The highest BCUT2D eigenvalue weighted by Crippen LogP contribution is 2.24. The van der Waals surface area contributed by atoms with Crippen LogP contribution < -0.4 is 0 Å². The minimum absolute atomic E-state index is 0.0486. The van der Waals surface area contributed by atoms with Gasteiger partial charge in [-0.2, -0.15) is 0 Å². The molecule has 0 bridgehead atoms. The van der Waals surface area contributed by atoms with Gasteiger partial charge in [0.25, 0.3) is 0 Å². The SMILES string of the molecule is C=CC(=O)C(CC)C(C)(C)O[SiH3]. The monoisotopic (exact) mass is 186 g/mol. The summed E-state index contributed by atoms with van der Waals surface area (Å²) in [5, 5.41) is 0. The van der Waals surface area contributed by atoms with Crippen molar-refractivity contribution in [3.8, 4) is 0 Å². The van der Waals surface area contributed by atoms with E-state index >= 15 is 0 Å². The second-order valence-corrected chi connectivity index (χ2v) is 3.78. The van der Waals surface area contributed by atoms with Crippen molar-refractivity contribution in [1.82, 2.24) is 0 Å². The third kappa shape index (κ3) is 2.57. The number of allylic oxidation sites excluding steroid dienone is 1. The fraction of sp³-hybridized carbons (Fsp3) is 0.667. The molecule has 1 atom stereocenters. The summed E-state index contributed by atoms with van der Waals surface area (Å²) >= 11 is 0. The van der Waals surface area contributed by atoms with Gasteiger partial charge in [0.1, 0.15) is 10.5 Å². The largest absolute Gasteiger partial charge is 0.422 e. The van der Waals surface area contributed by atoms with Gasteiger partial charge < -0.3 is 4.43 Å². The molecule has 0 aromatic rings. The molecule has 0 aliphatic carbocycles. The van der Waals surface area contributed by atoms with Crippen molar-refractivity contribution in [1.29, 1.82) is 0 Å². The van der Waals surface area contributed by atoms with Crippen LogP contribution in [-0.4, -0.2) is 21.9 Å². The number of ketones is 1. The molecule has 0 spiro atoms. The molecule has 2 nitrogen and oxygen atoms in total. The van der Waals surface area contributed by atoms with Crippen molar-refractivity contribution in [2.24, 2.45) is 5.92 Å². The molecule has 3 heteroatoms. The Kier molecular flexibility index (Phi) is 4.42. The molecule has 0 fully saturated rings. The van der Waals surface area contributed by atoms with Crippen LogP contribution in [0.4, 0.5) is 0 Å². The van der Waals surface area contributed by atoms with Gasteiger partial charge in [-0.25, -0.2) is 0 Å². The normalized spacial score (nSPS) is 14.2. The van der Waals surface area contributed by atoms with E-state index in [1.807, 2.05) is 20.8 Å². The molecule has 70 valence electrons. The third-order valence-electron chi connectivity index (χ3n) is 2.32. The maximum absolute atomic E-state index is 11.4. The van der Waals surface area contributed by atoms with Crippen LogP contribution in [-0.2, 0) is 9.22 Å². The number of carbonyl (C=O) groups excluding carboxylic acids is 1. The Hall–Kier alpha value is -0.413. The maximum Gasteiger partial charge on any atom is 0.160 e. The minimum Gasteiger partial charge on any atom is -0.422 e. The van der Waals surface area contributed by atoms with Crippen molar-refractivity contribution in [3.63, 3.8) is 0 Å². The van der Waals surface area contributed by atoms with Gasteiger partial charge in [-0.3, -0.25) is 4.79 Å². The molecular formula is C9H18O2Si. The second-order valence-electron chi connectivity index (χ2n) is 3.37. The summed E-state index contributed by atoms with van der Waals surface area (Å²) in [5.74, 6) is 0.0332. The highest BCUT2D eigenvalue weighted by molar-refractivity contribution is 5.99. The average molecular weight is 186 g/mol. The molecule has 0 aliphatic heterocycles. The molecule has 0 heterocycles. The van der Waals surface area contributed by atoms with Crippen LogP contribution in [0.1, 0.15) is 27.2 Å². The fourth-order valence-electron chi connectivity index (χ4n) is 1.32. The summed E-state index contributed by atoms with van der Waals surface area (Å²) in [6.45, 7) is 9.39. The van der Waals surface area contributed by atoms with Crippen molar-refractivity contribution in [2.75, 3.05) is 0 Å². The van der Waals surface area contributed by atoms with Crippen LogP contribution in [0.15, 0.2) is 12.7 Å². The molecule has 0 amide bonds. The number of hydrogen-bond acceptors (Lipinski definition) is 2. The molecule has 0 N–H and O–H groups in total. The van der Waals surface area contributed by atoms with Gasteiger partial charge in [0, 0.05) is 5.92 Å². The molecule has 0 aromatic heterocycles. The standard InChI is InChI=1S/C9H18O2Si/c1-5-7(8(10)6-2)9(3,4)11-12/h6-7H,2,5H2,1,3-4,12H3. The molecule has 12 heavy (non-hydrogen) atoms. The lowest BCUT2D eigenvalue weighted by molar-refractivity contribution is -0.124. The Morgan fingerprint density at radius 3 is 2.50 bits per heavy atom. The fourth-order valence-corrected chi connectivity index (χ4v) is 1.60. The van der Waals surface area contributed by atoms with E-state index in [0.717, 1.165) is 6.42 Å². The average Bonchev–Trinajstić information content (AvgIpc) is 2.05. The smallest absolute Gasteiger partial charge is 0.160 e. The zero-order valence-corrected chi connectivity index (χ0v) is 10.4. The van der Waals surface area contributed by atoms with E-state index in [1.54, 1.807) is 0 Å². The van der Waals surface area contributed by atoms with Crippen molar-refractivity contribution < 1.29 is 9.22 Å². The third-order valence-corrected chi connectivity index (χ3v) is 3.37. The van der Waals surface area contributed by atoms with Gasteiger partial charge in [0.05, 0.1) is 5.60 Å². The topological polar surface area (TPSA) is 26.3 Å². The van der Waals surface area contributed by atoms with Crippen LogP contribution in [0.25, 0.3) is 0 Å². The van der Waals surface area contributed by atoms with Gasteiger partial charge in [-0.1, -0.05) is 13.5 Å². The molecular weight excluding hydrogens is 168 g/mol. The van der Waals surface area contributed by atoms with Crippen molar-refractivity contribution in [2.45, 2.75) is 32.8 Å². The Labute approximate surface area is 77.5 Å². The lowest BCUT2D eigenvalue weighted by Gasteiger charge is -2.31. The summed E-state index contributed by atoms with van der Waals surface area (Å²) in [6, 6.07) is 0. The summed E-state index contributed by atoms with van der Waals surface area (Å²) in [4.78, 5) is 11.4. The van der Waals surface area contributed by atoms with E-state index in [4.69, 9.17) is 4.43 Å². The first-order valence-electron chi connectivity index (χ1n) is 4.21. The number of rotatable bonds is 5. The van der Waals surface area contributed by atoms with E-state index in [2.05, 4.69) is 6.58 Å². The lowest BCUT2D eigenvalue weighted by atomic mass is 9.85. The van der Waals surface area contributed by atoms with E-state index in [-0.39, 0.29) is 17.3 Å². The van der Waals surface area contributed by atoms with Gasteiger partial charge in [0.15, 0.2) is 5.78 Å². The van der Waals surface area contributed by atoms with Crippen LogP contribution in [0.5, 0.6) is 0 Å². The van der Waals surface area contributed by atoms with Crippen LogP contribution in [0, 0.1) is 5.92 Å². The van der Waals surface area contributed by atoms with Crippen LogP contribution >= 0.6 is 0 Å². The maximum atomic E-state index is 11.4.